The Morgan fingerprint density at radius 2 is 1.62 bits per heavy atom. The predicted molar refractivity (Wildman–Crippen MR) is 105 cm³/mol. The maximum absolute atomic E-state index is 12.5. The van der Waals surface area contributed by atoms with Gasteiger partial charge in [-0.15, -0.1) is 11.3 Å². The van der Waals surface area contributed by atoms with Crippen LogP contribution in [0.3, 0.4) is 0 Å². The van der Waals surface area contributed by atoms with Crippen molar-refractivity contribution in [2.45, 2.75) is 27.7 Å². The van der Waals surface area contributed by atoms with Crippen molar-refractivity contribution >= 4 is 45.6 Å². The van der Waals surface area contributed by atoms with Crippen molar-refractivity contribution in [2.24, 2.45) is 11.1 Å². The van der Waals surface area contributed by atoms with Gasteiger partial charge in [0.15, 0.2) is 0 Å². The lowest BCUT2D eigenvalue weighted by molar-refractivity contribution is -0.123. The number of nitrogens with two attached hydrogens (primary N) is 1. The lowest BCUT2D eigenvalue weighted by Crippen LogP contribution is -2.27. The summed E-state index contributed by atoms with van der Waals surface area (Å²) in [4.78, 5) is 36.1. The Labute approximate surface area is 156 Å². The highest BCUT2D eigenvalue weighted by Gasteiger charge is 2.23. The maximum Gasteiger partial charge on any atom is 0.316 e. The Bertz CT molecular complexity index is 852. The van der Waals surface area contributed by atoms with Gasteiger partial charge < -0.3 is 21.7 Å². The number of benzene rings is 1. The van der Waals surface area contributed by atoms with E-state index in [1.807, 2.05) is 27.7 Å². The summed E-state index contributed by atoms with van der Waals surface area (Å²) in [5, 5.41) is 8.68. The van der Waals surface area contributed by atoms with Crippen LogP contribution in [0.4, 0.5) is 21.2 Å². The quantitative estimate of drug-likeness (QED) is 0.653. The molecule has 0 saturated carbocycles. The number of carbonyl (C=O) groups excluding carboxylic acids is 3. The van der Waals surface area contributed by atoms with Crippen LogP contribution in [0.1, 0.15) is 36.0 Å². The van der Waals surface area contributed by atoms with Crippen molar-refractivity contribution in [3.05, 3.63) is 40.8 Å². The van der Waals surface area contributed by atoms with Crippen molar-refractivity contribution in [2.75, 3.05) is 16.0 Å². The van der Waals surface area contributed by atoms with Crippen LogP contribution < -0.4 is 21.7 Å². The molecule has 0 aliphatic carbocycles. The van der Waals surface area contributed by atoms with Crippen molar-refractivity contribution in [1.29, 1.82) is 0 Å². The van der Waals surface area contributed by atoms with Crippen LogP contribution in [0.25, 0.3) is 0 Å². The number of primary amides is 1. The maximum atomic E-state index is 12.5. The largest absolute Gasteiger partial charge is 0.351 e. The SMILES string of the molecule is Cc1cc(NC(=O)C(C)(C)C)sc1C(=O)Nc1cccc(NC(N)=O)c1. The molecule has 0 saturated heterocycles. The van der Waals surface area contributed by atoms with Crippen LogP contribution in [-0.4, -0.2) is 17.8 Å². The van der Waals surface area contributed by atoms with Crippen LogP contribution >= 0.6 is 11.3 Å². The molecule has 5 N–H and O–H groups in total. The number of aryl methyl sites for hydroxylation is 1. The molecule has 0 fully saturated rings. The number of amides is 4. The number of carbonyl (C=O) groups is 3. The Morgan fingerprint density at radius 3 is 2.19 bits per heavy atom. The molecule has 7 nitrogen and oxygen atoms in total. The lowest BCUT2D eigenvalue weighted by atomic mass is 9.96. The molecule has 0 bridgehead atoms. The molecule has 1 aromatic carbocycles. The Balaban J connectivity index is 2.13. The van der Waals surface area contributed by atoms with E-state index >= 15 is 0 Å². The van der Waals surface area contributed by atoms with Gasteiger partial charge in [0, 0.05) is 16.8 Å². The first-order valence-electron chi connectivity index (χ1n) is 7.96. The molecule has 1 aromatic heterocycles. The highest BCUT2D eigenvalue weighted by molar-refractivity contribution is 7.18. The highest BCUT2D eigenvalue weighted by atomic mass is 32.1. The van der Waals surface area contributed by atoms with Gasteiger partial charge in [0.1, 0.15) is 0 Å². The number of urea groups is 1. The van der Waals surface area contributed by atoms with E-state index in [1.165, 1.54) is 11.3 Å². The molecule has 0 unspecified atom stereocenters. The van der Waals surface area contributed by atoms with Gasteiger partial charge in [-0.25, -0.2) is 4.79 Å². The normalized spacial score (nSPS) is 10.9. The van der Waals surface area contributed by atoms with Crippen molar-refractivity contribution in [3.8, 4) is 0 Å². The first-order valence-corrected chi connectivity index (χ1v) is 8.77. The van der Waals surface area contributed by atoms with E-state index in [9.17, 15) is 14.4 Å². The third kappa shape index (κ3) is 5.06. The Hall–Kier alpha value is -2.87. The van der Waals surface area contributed by atoms with Gasteiger partial charge in [-0.2, -0.15) is 0 Å². The van der Waals surface area contributed by atoms with E-state index in [0.29, 0.717) is 21.3 Å². The van der Waals surface area contributed by atoms with Crippen molar-refractivity contribution in [1.82, 2.24) is 0 Å². The van der Waals surface area contributed by atoms with Crippen molar-refractivity contribution < 1.29 is 14.4 Å². The number of hydrogen-bond donors (Lipinski definition) is 4. The van der Waals surface area contributed by atoms with Crippen LogP contribution in [0.5, 0.6) is 0 Å². The molecule has 1 heterocycles. The summed E-state index contributed by atoms with van der Waals surface area (Å²) in [7, 11) is 0. The first kappa shape index (κ1) is 19.5. The first-order chi connectivity index (χ1) is 12.1. The van der Waals surface area contributed by atoms with Gasteiger partial charge in [0.25, 0.3) is 5.91 Å². The van der Waals surface area contributed by atoms with Crippen LogP contribution in [0.15, 0.2) is 30.3 Å². The topological polar surface area (TPSA) is 113 Å². The number of anilines is 3. The fourth-order valence-corrected chi connectivity index (χ4v) is 3.04. The summed E-state index contributed by atoms with van der Waals surface area (Å²) in [5.74, 6) is -0.407. The molecule has 2 aromatic rings. The Morgan fingerprint density at radius 1 is 1.00 bits per heavy atom. The summed E-state index contributed by atoms with van der Waals surface area (Å²) in [5.41, 5.74) is 6.34. The molecule has 8 heteroatoms. The minimum Gasteiger partial charge on any atom is -0.351 e. The molecular weight excluding hydrogens is 352 g/mol. The highest BCUT2D eigenvalue weighted by Crippen LogP contribution is 2.29. The summed E-state index contributed by atoms with van der Waals surface area (Å²) < 4.78 is 0. The summed E-state index contributed by atoms with van der Waals surface area (Å²) in [6.45, 7) is 7.28. The number of nitrogens with one attached hydrogen (secondary N) is 3. The molecular formula is C18H22N4O3S. The lowest BCUT2D eigenvalue weighted by Gasteiger charge is -2.16. The standard InChI is InChI=1S/C18H22N4O3S/c1-10-8-13(22-16(24)18(2,3)4)26-14(10)15(23)20-11-6-5-7-12(9-11)21-17(19)25/h5-9H,1-4H3,(H,20,23)(H,22,24)(H3,19,21,25). The second-order valence-electron chi connectivity index (χ2n) is 6.85. The summed E-state index contributed by atoms with van der Waals surface area (Å²) in [6, 6.07) is 7.76. The summed E-state index contributed by atoms with van der Waals surface area (Å²) in [6.07, 6.45) is 0. The van der Waals surface area contributed by atoms with Crippen LogP contribution in [-0.2, 0) is 4.79 Å². The van der Waals surface area contributed by atoms with E-state index in [4.69, 9.17) is 5.73 Å². The monoisotopic (exact) mass is 374 g/mol. The summed E-state index contributed by atoms with van der Waals surface area (Å²) >= 11 is 1.21. The smallest absolute Gasteiger partial charge is 0.316 e. The average Bonchev–Trinajstić information content (AvgIpc) is 2.86. The fraction of sp³-hybridized carbons (Fsp3) is 0.278. The third-order valence-corrected chi connectivity index (χ3v) is 4.58. The number of rotatable bonds is 4. The molecule has 0 radical (unpaired) electrons. The van der Waals surface area contributed by atoms with Gasteiger partial charge >= 0.3 is 6.03 Å². The van der Waals surface area contributed by atoms with Gasteiger partial charge in [0.2, 0.25) is 5.91 Å². The zero-order chi connectivity index (χ0) is 19.5. The molecule has 138 valence electrons. The minimum absolute atomic E-state index is 0.115. The molecule has 0 atom stereocenters. The van der Waals surface area contributed by atoms with Crippen LogP contribution in [0.2, 0.25) is 0 Å². The second-order valence-corrected chi connectivity index (χ2v) is 7.90. The zero-order valence-corrected chi connectivity index (χ0v) is 15.9. The molecule has 0 aliphatic heterocycles. The van der Waals surface area contributed by atoms with Crippen molar-refractivity contribution in [3.63, 3.8) is 0 Å². The molecule has 26 heavy (non-hydrogen) atoms. The minimum atomic E-state index is -0.679. The zero-order valence-electron chi connectivity index (χ0n) is 15.1. The Kier molecular flexibility index (Phi) is 5.66. The third-order valence-electron chi connectivity index (χ3n) is 3.43. The number of thiophene rings is 1. The van der Waals surface area contributed by atoms with Gasteiger partial charge in [-0.3, -0.25) is 9.59 Å². The van der Waals surface area contributed by atoms with Gasteiger partial charge in [0.05, 0.1) is 9.88 Å². The number of hydrogen-bond acceptors (Lipinski definition) is 4. The van der Waals surface area contributed by atoms with Gasteiger partial charge in [-0.05, 0) is 36.8 Å². The van der Waals surface area contributed by atoms with E-state index in [2.05, 4.69) is 16.0 Å². The molecule has 4 amide bonds. The molecule has 0 spiro atoms. The van der Waals surface area contributed by atoms with E-state index in [1.54, 1.807) is 30.3 Å². The average molecular weight is 374 g/mol. The second kappa shape index (κ2) is 7.57. The predicted octanol–water partition coefficient (Wildman–Crippen LogP) is 3.78. The van der Waals surface area contributed by atoms with Crippen LogP contribution in [0, 0.1) is 12.3 Å². The fourth-order valence-electron chi connectivity index (χ4n) is 2.07. The van der Waals surface area contributed by atoms with E-state index in [0.717, 1.165) is 5.56 Å². The molecule has 2 rings (SSSR count). The molecule has 0 aliphatic rings. The van der Waals surface area contributed by atoms with E-state index < -0.39 is 11.4 Å². The van der Waals surface area contributed by atoms with E-state index in [-0.39, 0.29) is 11.8 Å². The van der Waals surface area contributed by atoms with Gasteiger partial charge in [-0.1, -0.05) is 26.8 Å².